The summed E-state index contributed by atoms with van der Waals surface area (Å²) >= 11 is 0. The fourth-order valence-corrected chi connectivity index (χ4v) is 1.45. The Hall–Kier alpha value is -2.24. The predicted octanol–water partition coefficient (Wildman–Crippen LogP) is 0.923. The third-order valence-electron chi connectivity index (χ3n) is 2.14. The second-order valence-corrected chi connectivity index (χ2v) is 3.10. The lowest BCUT2D eigenvalue weighted by atomic mass is 10.3. The van der Waals surface area contributed by atoms with Crippen LogP contribution in [0.3, 0.4) is 0 Å². The van der Waals surface area contributed by atoms with E-state index in [1.165, 1.54) is 12.4 Å². The van der Waals surface area contributed by atoms with Crippen molar-refractivity contribution in [1.82, 2.24) is 19.5 Å². The number of rotatable bonds is 3. The summed E-state index contributed by atoms with van der Waals surface area (Å²) in [5.74, 6) is -0.0498. The van der Waals surface area contributed by atoms with Crippen molar-refractivity contribution in [3.05, 3.63) is 36.3 Å². The van der Waals surface area contributed by atoms with Crippen LogP contribution >= 0.6 is 0 Å². The molecule has 0 aromatic carbocycles. The van der Waals surface area contributed by atoms with Crippen molar-refractivity contribution in [2.75, 3.05) is 0 Å². The highest BCUT2D eigenvalue weighted by Crippen LogP contribution is 2.11. The van der Waals surface area contributed by atoms with Crippen LogP contribution in [0.5, 0.6) is 0 Å². The van der Waals surface area contributed by atoms with Gasteiger partial charge in [-0.2, -0.15) is 0 Å². The summed E-state index contributed by atoms with van der Waals surface area (Å²) < 4.78 is 1.64. The number of aromatic carboxylic acids is 1. The van der Waals surface area contributed by atoms with Crippen LogP contribution in [0.4, 0.5) is 0 Å². The van der Waals surface area contributed by atoms with Crippen LogP contribution in [0, 0.1) is 0 Å². The second-order valence-electron chi connectivity index (χ2n) is 3.10. The minimum absolute atomic E-state index is 0.0739. The van der Waals surface area contributed by atoms with Crippen molar-refractivity contribution in [3.8, 4) is 5.82 Å². The van der Waals surface area contributed by atoms with Crippen LogP contribution in [0.25, 0.3) is 5.82 Å². The molecule has 0 aliphatic rings. The molecule has 2 rings (SSSR count). The lowest BCUT2D eigenvalue weighted by Crippen LogP contribution is -2.11. The lowest BCUT2D eigenvalue weighted by Gasteiger charge is -2.06. The fourth-order valence-electron chi connectivity index (χ4n) is 1.45. The maximum Gasteiger partial charge on any atom is 0.358 e. The summed E-state index contributed by atoms with van der Waals surface area (Å²) in [4.78, 5) is 22.9. The number of imidazole rings is 1. The summed E-state index contributed by atoms with van der Waals surface area (Å²) in [5.41, 5.74) is -0.0739. The molecule has 6 nitrogen and oxygen atoms in total. The molecule has 0 fully saturated rings. The molecule has 0 aliphatic heterocycles. The van der Waals surface area contributed by atoms with Crippen molar-refractivity contribution < 1.29 is 9.90 Å². The van der Waals surface area contributed by atoms with Gasteiger partial charge in [0.2, 0.25) is 0 Å². The molecule has 1 N–H and O–H groups in total. The molecule has 0 amide bonds. The maximum absolute atomic E-state index is 11.0. The molecular weight excluding hydrogens is 208 g/mol. The Morgan fingerprint density at radius 2 is 2.06 bits per heavy atom. The fraction of sp³-hybridized carbons (Fsp3) is 0.200. The molecule has 0 saturated carbocycles. The van der Waals surface area contributed by atoms with E-state index in [1.54, 1.807) is 17.0 Å². The van der Waals surface area contributed by atoms with E-state index in [4.69, 9.17) is 5.11 Å². The Balaban J connectivity index is 2.60. The third-order valence-corrected chi connectivity index (χ3v) is 2.14. The van der Waals surface area contributed by atoms with Gasteiger partial charge in [-0.25, -0.2) is 19.7 Å². The Morgan fingerprint density at radius 1 is 1.31 bits per heavy atom. The molecular formula is C10H10N4O2. The minimum atomic E-state index is -1.10. The van der Waals surface area contributed by atoms with Crippen molar-refractivity contribution in [1.29, 1.82) is 0 Å². The number of aryl methyl sites for hydroxylation is 1. The van der Waals surface area contributed by atoms with Crippen LogP contribution in [-0.4, -0.2) is 30.6 Å². The topological polar surface area (TPSA) is 80.9 Å². The maximum atomic E-state index is 11.0. The summed E-state index contributed by atoms with van der Waals surface area (Å²) in [6, 6.07) is 0. The van der Waals surface area contributed by atoms with Gasteiger partial charge < -0.3 is 5.11 Å². The first-order valence-corrected chi connectivity index (χ1v) is 4.81. The highest BCUT2D eigenvalue weighted by molar-refractivity contribution is 5.88. The summed E-state index contributed by atoms with van der Waals surface area (Å²) in [6.07, 6.45) is 6.80. The number of aromatic nitrogens is 4. The van der Waals surface area contributed by atoms with Gasteiger partial charge in [-0.05, 0) is 0 Å². The van der Waals surface area contributed by atoms with Crippen LogP contribution in [0.15, 0.2) is 24.8 Å². The van der Waals surface area contributed by atoms with Crippen LogP contribution in [0.2, 0.25) is 0 Å². The van der Waals surface area contributed by atoms with E-state index in [2.05, 4.69) is 15.0 Å². The molecule has 0 spiro atoms. The molecule has 2 heterocycles. The molecule has 0 saturated heterocycles. The summed E-state index contributed by atoms with van der Waals surface area (Å²) in [7, 11) is 0. The van der Waals surface area contributed by atoms with Crippen molar-refractivity contribution in [2.45, 2.75) is 13.3 Å². The molecule has 16 heavy (non-hydrogen) atoms. The third kappa shape index (κ3) is 1.65. The zero-order valence-corrected chi connectivity index (χ0v) is 8.66. The van der Waals surface area contributed by atoms with E-state index in [0.29, 0.717) is 12.2 Å². The zero-order valence-electron chi connectivity index (χ0n) is 8.66. The Labute approximate surface area is 91.6 Å². The molecule has 0 radical (unpaired) electrons. The van der Waals surface area contributed by atoms with E-state index in [9.17, 15) is 4.79 Å². The molecule has 0 unspecified atom stereocenters. The predicted molar refractivity (Wildman–Crippen MR) is 55.5 cm³/mol. The number of carbonyl (C=O) groups is 1. The Bertz CT molecular complexity index is 521. The summed E-state index contributed by atoms with van der Waals surface area (Å²) in [6.45, 7) is 1.94. The molecule has 0 aliphatic carbocycles. The number of hydrogen-bond donors (Lipinski definition) is 1. The normalized spacial score (nSPS) is 10.3. The van der Waals surface area contributed by atoms with E-state index in [-0.39, 0.29) is 5.69 Å². The monoisotopic (exact) mass is 218 g/mol. The molecule has 0 bridgehead atoms. The quantitative estimate of drug-likeness (QED) is 0.828. The SMILES string of the molecule is CCc1nccn1-c1nccnc1C(=O)O. The van der Waals surface area contributed by atoms with Crippen LogP contribution in [0.1, 0.15) is 23.2 Å². The average molecular weight is 218 g/mol. The van der Waals surface area contributed by atoms with Gasteiger partial charge in [0.1, 0.15) is 5.82 Å². The van der Waals surface area contributed by atoms with Crippen LogP contribution < -0.4 is 0 Å². The highest BCUT2D eigenvalue weighted by atomic mass is 16.4. The molecule has 2 aromatic rings. The van der Waals surface area contributed by atoms with Crippen molar-refractivity contribution in [2.24, 2.45) is 0 Å². The number of hydrogen-bond acceptors (Lipinski definition) is 4. The van der Waals surface area contributed by atoms with Gasteiger partial charge in [0.25, 0.3) is 0 Å². The van der Waals surface area contributed by atoms with Crippen molar-refractivity contribution in [3.63, 3.8) is 0 Å². The van der Waals surface area contributed by atoms with E-state index < -0.39 is 5.97 Å². The Morgan fingerprint density at radius 3 is 2.75 bits per heavy atom. The first-order valence-electron chi connectivity index (χ1n) is 4.81. The van der Waals surface area contributed by atoms with Gasteiger partial charge in [0, 0.05) is 31.2 Å². The number of carboxylic acids is 1. The molecule has 6 heteroatoms. The van der Waals surface area contributed by atoms with Gasteiger partial charge in [0.15, 0.2) is 11.5 Å². The van der Waals surface area contributed by atoms with Gasteiger partial charge >= 0.3 is 5.97 Å². The average Bonchev–Trinajstić information content (AvgIpc) is 2.76. The smallest absolute Gasteiger partial charge is 0.358 e. The van der Waals surface area contributed by atoms with E-state index in [1.807, 2.05) is 6.92 Å². The minimum Gasteiger partial charge on any atom is -0.476 e. The van der Waals surface area contributed by atoms with E-state index in [0.717, 1.165) is 5.82 Å². The highest BCUT2D eigenvalue weighted by Gasteiger charge is 2.15. The first kappa shape index (κ1) is 10.3. The zero-order chi connectivity index (χ0) is 11.5. The number of carboxylic acid groups (broad SMARTS) is 1. The van der Waals surface area contributed by atoms with E-state index >= 15 is 0 Å². The Kier molecular flexibility index (Phi) is 2.63. The van der Waals surface area contributed by atoms with Gasteiger partial charge in [0.05, 0.1) is 0 Å². The van der Waals surface area contributed by atoms with Gasteiger partial charge in [-0.15, -0.1) is 0 Å². The van der Waals surface area contributed by atoms with Crippen molar-refractivity contribution >= 4 is 5.97 Å². The largest absolute Gasteiger partial charge is 0.476 e. The molecule has 0 atom stereocenters. The van der Waals surface area contributed by atoms with Crippen LogP contribution in [-0.2, 0) is 6.42 Å². The molecule has 82 valence electrons. The number of nitrogens with zero attached hydrogens (tertiary/aromatic N) is 4. The first-order chi connectivity index (χ1) is 7.74. The van der Waals surface area contributed by atoms with Gasteiger partial charge in [-0.1, -0.05) is 6.92 Å². The lowest BCUT2D eigenvalue weighted by molar-refractivity contribution is 0.0690. The van der Waals surface area contributed by atoms with Gasteiger partial charge in [-0.3, -0.25) is 4.57 Å². The standard InChI is InChI=1S/C10H10N4O2/c1-2-7-11-5-6-14(7)9-8(10(15)16)12-3-4-13-9/h3-6H,2H2,1H3,(H,15,16). The molecule has 2 aromatic heterocycles. The second kappa shape index (κ2) is 4.09. The summed E-state index contributed by atoms with van der Waals surface area (Å²) in [5, 5.41) is 8.99.